The second-order valence-electron chi connectivity index (χ2n) is 4.40. The van der Waals surface area contributed by atoms with Gasteiger partial charge in [-0.05, 0) is 25.6 Å². The fourth-order valence-electron chi connectivity index (χ4n) is 2.09. The third kappa shape index (κ3) is 3.17. The first kappa shape index (κ1) is 13.2. The maximum absolute atomic E-state index is 13.4. The van der Waals surface area contributed by atoms with Crippen LogP contribution in [0.2, 0.25) is 0 Å². The second-order valence-corrected chi connectivity index (χ2v) is 4.40. The smallest absolute Gasteiger partial charge is 0.165 e. The van der Waals surface area contributed by atoms with Crippen LogP contribution in [0, 0.1) is 17.6 Å². The molecule has 2 unspecified atom stereocenters. The zero-order valence-electron chi connectivity index (χ0n) is 10.3. The van der Waals surface area contributed by atoms with Crippen LogP contribution >= 0.6 is 0 Å². The monoisotopic (exact) mass is 257 g/mol. The highest BCUT2D eigenvalue weighted by Gasteiger charge is 2.25. The van der Waals surface area contributed by atoms with Crippen molar-refractivity contribution >= 4 is 0 Å². The van der Waals surface area contributed by atoms with Crippen molar-refractivity contribution in [1.29, 1.82) is 0 Å². The molecular weight excluding hydrogens is 240 g/mol. The van der Waals surface area contributed by atoms with Crippen LogP contribution in [-0.4, -0.2) is 32.9 Å². The van der Waals surface area contributed by atoms with Crippen molar-refractivity contribution in [3.05, 3.63) is 29.8 Å². The first-order chi connectivity index (χ1) is 8.70. The molecular formula is C13H17F2NO2. The van der Waals surface area contributed by atoms with Crippen LogP contribution < -0.4 is 10.1 Å². The molecule has 0 aliphatic carbocycles. The van der Waals surface area contributed by atoms with Crippen LogP contribution in [0.15, 0.2) is 18.2 Å². The zero-order valence-corrected chi connectivity index (χ0v) is 10.3. The van der Waals surface area contributed by atoms with E-state index in [2.05, 4.69) is 5.32 Å². The van der Waals surface area contributed by atoms with Crippen molar-refractivity contribution in [3.8, 4) is 5.75 Å². The maximum Gasteiger partial charge on any atom is 0.165 e. The Morgan fingerprint density at radius 2 is 2.33 bits per heavy atom. The van der Waals surface area contributed by atoms with Crippen LogP contribution in [0.25, 0.3) is 0 Å². The summed E-state index contributed by atoms with van der Waals surface area (Å²) < 4.78 is 37.0. The predicted octanol–water partition coefficient (Wildman–Crippen LogP) is 1.97. The molecule has 0 bridgehead atoms. The van der Waals surface area contributed by atoms with Gasteiger partial charge in [0.2, 0.25) is 0 Å². The Balaban J connectivity index is 1.94. The number of hydrogen-bond acceptors (Lipinski definition) is 3. The Kier molecular flexibility index (Phi) is 4.49. The van der Waals surface area contributed by atoms with E-state index in [-0.39, 0.29) is 11.8 Å². The fourth-order valence-corrected chi connectivity index (χ4v) is 2.09. The topological polar surface area (TPSA) is 30.5 Å². The van der Waals surface area contributed by atoms with Gasteiger partial charge in [-0.15, -0.1) is 0 Å². The molecule has 100 valence electrons. The molecule has 1 saturated heterocycles. The first-order valence-corrected chi connectivity index (χ1v) is 6.03. The summed E-state index contributed by atoms with van der Waals surface area (Å²) >= 11 is 0. The van der Waals surface area contributed by atoms with Gasteiger partial charge < -0.3 is 14.8 Å². The molecule has 18 heavy (non-hydrogen) atoms. The number of ether oxygens (including phenoxy) is 2. The third-order valence-electron chi connectivity index (χ3n) is 3.22. The van der Waals surface area contributed by atoms with E-state index in [4.69, 9.17) is 9.47 Å². The van der Waals surface area contributed by atoms with Crippen molar-refractivity contribution in [2.45, 2.75) is 12.5 Å². The van der Waals surface area contributed by atoms with Gasteiger partial charge in [0.05, 0.1) is 6.61 Å². The molecule has 0 radical (unpaired) electrons. The van der Waals surface area contributed by atoms with Crippen molar-refractivity contribution in [3.63, 3.8) is 0 Å². The van der Waals surface area contributed by atoms with Crippen molar-refractivity contribution in [1.82, 2.24) is 5.32 Å². The van der Waals surface area contributed by atoms with Crippen molar-refractivity contribution < 1.29 is 18.3 Å². The molecule has 2 atom stereocenters. The summed E-state index contributed by atoms with van der Waals surface area (Å²) in [6.45, 7) is 1.72. The molecule has 1 aliphatic rings. The van der Waals surface area contributed by atoms with Crippen LogP contribution in [0.3, 0.4) is 0 Å². The van der Waals surface area contributed by atoms with Gasteiger partial charge in [0.15, 0.2) is 11.6 Å². The molecule has 1 aromatic carbocycles. The van der Waals surface area contributed by atoms with E-state index in [1.54, 1.807) is 0 Å². The Hall–Kier alpha value is -1.20. The van der Waals surface area contributed by atoms with E-state index < -0.39 is 11.6 Å². The highest BCUT2D eigenvalue weighted by atomic mass is 19.1. The zero-order chi connectivity index (χ0) is 13.0. The number of halogens is 2. The molecule has 3 nitrogen and oxygen atoms in total. The number of rotatable bonds is 5. The molecule has 0 amide bonds. The number of hydrogen-bond donors (Lipinski definition) is 1. The summed E-state index contributed by atoms with van der Waals surface area (Å²) in [5, 5.41) is 3.13. The number of benzene rings is 1. The van der Waals surface area contributed by atoms with Gasteiger partial charge in [-0.2, -0.15) is 0 Å². The first-order valence-electron chi connectivity index (χ1n) is 6.03. The maximum atomic E-state index is 13.4. The third-order valence-corrected chi connectivity index (χ3v) is 3.22. The van der Waals surface area contributed by atoms with Gasteiger partial charge in [0.1, 0.15) is 12.4 Å². The molecule has 0 aromatic heterocycles. The minimum atomic E-state index is -0.547. The lowest BCUT2D eigenvalue weighted by Crippen LogP contribution is -2.39. The van der Waals surface area contributed by atoms with Crippen LogP contribution in [0.4, 0.5) is 8.78 Å². The lowest BCUT2D eigenvalue weighted by molar-refractivity contribution is 0.161. The molecule has 2 rings (SSSR count). The molecule has 1 heterocycles. The van der Waals surface area contributed by atoms with Gasteiger partial charge in [0.25, 0.3) is 0 Å². The average Bonchev–Trinajstić information content (AvgIpc) is 2.88. The van der Waals surface area contributed by atoms with Crippen molar-refractivity contribution in [2.24, 2.45) is 5.92 Å². The highest BCUT2D eigenvalue weighted by molar-refractivity contribution is 5.24. The second kappa shape index (κ2) is 6.11. The fraction of sp³-hybridized carbons (Fsp3) is 0.538. The van der Waals surface area contributed by atoms with Gasteiger partial charge in [0, 0.05) is 24.6 Å². The molecule has 0 saturated carbocycles. The predicted molar refractivity (Wildman–Crippen MR) is 63.6 cm³/mol. The van der Waals surface area contributed by atoms with E-state index >= 15 is 0 Å². The average molecular weight is 257 g/mol. The minimum Gasteiger partial charge on any atom is -0.489 e. The number of nitrogens with one attached hydrogen (secondary N) is 1. The Bertz CT molecular complexity index is 395. The van der Waals surface area contributed by atoms with Crippen molar-refractivity contribution in [2.75, 3.05) is 26.9 Å². The standard InChI is InChI=1S/C13H17F2NO2/c1-16-12(9-4-5-17-7-9)8-18-13-6-10(14)2-3-11(13)15/h2-3,6,9,12,16H,4-5,7-8H2,1H3. The van der Waals surface area contributed by atoms with E-state index in [0.717, 1.165) is 31.2 Å². The quantitative estimate of drug-likeness (QED) is 0.874. The van der Waals surface area contributed by atoms with E-state index in [1.165, 1.54) is 0 Å². The largest absolute Gasteiger partial charge is 0.489 e. The summed E-state index contributed by atoms with van der Waals surface area (Å²) in [5.41, 5.74) is 0. The summed E-state index contributed by atoms with van der Waals surface area (Å²) in [5.74, 6) is -0.744. The Morgan fingerprint density at radius 1 is 1.50 bits per heavy atom. The SMILES string of the molecule is CNC(COc1cc(F)ccc1F)C1CCOC1. The Labute approximate surface area is 105 Å². The van der Waals surface area contributed by atoms with E-state index in [9.17, 15) is 8.78 Å². The van der Waals surface area contributed by atoms with Gasteiger partial charge >= 0.3 is 0 Å². The molecule has 5 heteroatoms. The highest BCUT2D eigenvalue weighted by Crippen LogP contribution is 2.21. The van der Waals surface area contributed by atoms with Gasteiger partial charge in [-0.3, -0.25) is 0 Å². The molecule has 1 fully saturated rings. The summed E-state index contributed by atoms with van der Waals surface area (Å²) in [4.78, 5) is 0. The van der Waals surface area contributed by atoms with Crippen LogP contribution in [0.5, 0.6) is 5.75 Å². The molecule has 1 aromatic rings. The summed E-state index contributed by atoms with van der Waals surface area (Å²) in [6, 6.07) is 3.28. The van der Waals surface area contributed by atoms with E-state index in [1.807, 2.05) is 7.05 Å². The summed E-state index contributed by atoms with van der Waals surface area (Å²) in [6.07, 6.45) is 0.959. The lowest BCUT2D eigenvalue weighted by Gasteiger charge is -2.22. The van der Waals surface area contributed by atoms with Gasteiger partial charge in [-0.1, -0.05) is 0 Å². The minimum absolute atomic E-state index is 0.0471. The molecule has 0 spiro atoms. The van der Waals surface area contributed by atoms with Crippen LogP contribution in [0.1, 0.15) is 6.42 Å². The Morgan fingerprint density at radius 3 is 3.00 bits per heavy atom. The lowest BCUT2D eigenvalue weighted by atomic mass is 10.00. The van der Waals surface area contributed by atoms with Crippen LogP contribution in [-0.2, 0) is 4.74 Å². The van der Waals surface area contributed by atoms with E-state index in [0.29, 0.717) is 19.1 Å². The summed E-state index contributed by atoms with van der Waals surface area (Å²) in [7, 11) is 1.83. The number of likely N-dealkylation sites (N-methyl/N-ethyl adjacent to an activating group) is 1. The normalized spacial score (nSPS) is 20.9. The molecule has 1 N–H and O–H groups in total. The molecule has 1 aliphatic heterocycles. The van der Waals surface area contributed by atoms with Gasteiger partial charge in [-0.25, -0.2) is 8.78 Å².